The van der Waals surface area contributed by atoms with Gasteiger partial charge in [0.25, 0.3) is 5.69 Å². The minimum Gasteiger partial charge on any atom is -0.436 e. The lowest BCUT2D eigenvalue weighted by molar-refractivity contribution is -0.384. The van der Waals surface area contributed by atoms with Gasteiger partial charge >= 0.3 is 0 Å². The molecule has 0 saturated heterocycles. The summed E-state index contributed by atoms with van der Waals surface area (Å²) in [5.41, 5.74) is 4.04. The Morgan fingerprint density at radius 3 is 2.39 bits per heavy atom. The van der Waals surface area contributed by atoms with Crippen molar-refractivity contribution < 1.29 is 13.8 Å². The van der Waals surface area contributed by atoms with Crippen LogP contribution in [0.15, 0.2) is 87.7 Å². The van der Waals surface area contributed by atoms with Gasteiger partial charge in [-0.2, -0.15) is 0 Å². The van der Waals surface area contributed by atoms with E-state index >= 15 is 0 Å². The second kappa shape index (κ2) is 6.50. The molecule has 4 aromatic carbocycles. The molecule has 0 unspecified atom stereocenters. The number of nitrogens with zero attached hydrogens (tertiary/aromatic N) is 3. The second-order valence-corrected chi connectivity index (χ2v) is 7.13. The third-order valence-electron chi connectivity index (χ3n) is 5.24. The highest BCUT2D eigenvalue weighted by molar-refractivity contribution is 6.09. The van der Waals surface area contributed by atoms with Crippen molar-refractivity contribution in [1.29, 1.82) is 0 Å². The van der Waals surface area contributed by atoms with Crippen molar-refractivity contribution in [3.63, 3.8) is 0 Å². The predicted octanol–water partition coefficient (Wildman–Crippen LogP) is 6.36. The molecule has 0 amide bonds. The van der Waals surface area contributed by atoms with E-state index in [1.54, 1.807) is 12.1 Å². The summed E-state index contributed by atoms with van der Waals surface area (Å²) >= 11 is 0. The van der Waals surface area contributed by atoms with E-state index in [0.29, 0.717) is 39.6 Å². The lowest BCUT2D eigenvalue weighted by atomic mass is 10.0. The average molecular weight is 407 g/mol. The highest BCUT2D eigenvalue weighted by Gasteiger charge is 2.20. The van der Waals surface area contributed by atoms with Gasteiger partial charge in [0, 0.05) is 23.1 Å². The number of benzene rings is 4. The Morgan fingerprint density at radius 1 is 0.806 bits per heavy atom. The third kappa shape index (κ3) is 2.75. The fourth-order valence-corrected chi connectivity index (χ4v) is 3.74. The lowest BCUT2D eigenvalue weighted by Crippen LogP contribution is -1.87. The van der Waals surface area contributed by atoms with Gasteiger partial charge in [0.1, 0.15) is 11.0 Å². The van der Waals surface area contributed by atoms with Gasteiger partial charge in [-0.3, -0.25) is 10.1 Å². The van der Waals surface area contributed by atoms with Gasteiger partial charge < -0.3 is 8.83 Å². The number of hydrogen-bond donors (Lipinski definition) is 0. The van der Waals surface area contributed by atoms with Crippen LogP contribution in [0.4, 0.5) is 5.69 Å². The first-order valence-electron chi connectivity index (χ1n) is 9.60. The molecule has 2 heterocycles. The zero-order chi connectivity index (χ0) is 20.9. The molecule has 0 aliphatic heterocycles. The molecular weight excluding hydrogens is 394 g/mol. The van der Waals surface area contributed by atoms with Gasteiger partial charge in [-0.25, -0.2) is 9.97 Å². The fourth-order valence-electron chi connectivity index (χ4n) is 3.74. The van der Waals surface area contributed by atoms with Gasteiger partial charge in [-0.1, -0.05) is 36.4 Å². The first-order chi connectivity index (χ1) is 15.2. The van der Waals surface area contributed by atoms with E-state index in [1.165, 1.54) is 12.1 Å². The largest absolute Gasteiger partial charge is 0.436 e. The summed E-state index contributed by atoms with van der Waals surface area (Å²) < 4.78 is 12.2. The van der Waals surface area contributed by atoms with E-state index in [1.807, 2.05) is 54.6 Å². The molecule has 7 nitrogen and oxygen atoms in total. The molecule has 7 heteroatoms. The third-order valence-corrected chi connectivity index (χ3v) is 5.24. The van der Waals surface area contributed by atoms with Crippen LogP contribution < -0.4 is 0 Å². The molecule has 0 saturated carbocycles. The Hall–Kier alpha value is -4.52. The number of aromatic nitrogens is 2. The van der Waals surface area contributed by atoms with Crippen LogP contribution in [0.2, 0.25) is 0 Å². The van der Waals surface area contributed by atoms with Crippen molar-refractivity contribution in [2.75, 3.05) is 0 Å². The average Bonchev–Trinajstić information content (AvgIpc) is 3.43. The van der Waals surface area contributed by atoms with Crippen molar-refractivity contribution >= 4 is 38.7 Å². The summed E-state index contributed by atoms with van der Waals surface area (Å²) in [6.07, 6.45) is 0. The van der Waals surface area contributed by atoms with E-state index in [0.717, 1.165) is 16.3 Å². The van der Waals surface area contributed by atoms with E-state index < -0.39 is 4.92 Å². The molecule has 0 aliphatic rings. The smallest absolute Gasteiger partial charge is 0.269 e. The van der Waals surface area contributed by atoms with Gasteiger partial charge in [0.05, 0.1) is 10.5 Å². The summed E-state index contributed by atoms with van der Waals surface area (Å²) in [6.45, 7) is 0. The van der Waals surface area contributed by atoms with Crippen molar-refractivity contribution in [2.24, 2.45) is 0 Å². The van der Waals surface area contributed by atoms with Crippen LogP contribution in [0, 0.1) is 10.1 Å². The number of nitro benzene ring substituents is 1. The SMILES string of the molecule is O=[N+]([O-])c1ccc(-c2nc3c(o2)c(-c2nc4ccccc4o2)cc2ccccc23)cc1. The van der Waals surface area contributed by atoms with Crippen LogP contribution in [0.3, 0.4) is 0 Å². The first kappa shape index (κ1) is 17.3. The Labute approximate surface area is 174 Å². The zero-order valence-corrected chi connectivity index (χ0v) is 16.0. The molecule has 6 rings (SSSR count). The monoisotopic (exact) mass is 407 g/mol. The van der Waals surface area contributed by atoms with Crippen LogP contribution in [0.1, 0.15) is 0 Å². The molecule has 0 fully saturated rings. The van der Waals surface area contributed by atoms with Crippen molar-refractivity contribution in [1.82, 2.24) is 9.97 Å². The van der Waals surface area contributed by atoms with Gasteiger partial charge in [-0.05, 0) is 35.7 Å². The summed E-state index contributed by atoms with van der Waals surface area (Å²) in [6, 6.07) is 23.6. The van der Waals surface area contributed by atoms with Crippen LogP contribution in [0.5, 0.6) is 0 Å². The molecule has 0 radical (unpaired) electrons. The standard InChI is InChI=1S/C24H13N3O4/c28-27(29)16-11-9-14(10-12-16)23-26-21-17-6-2-1-5-15(17)13-18(22(21)31-23)24-25-19-7-3-4-8-20(19)30-24/h1-13H. The van der Waals surface area contributed by atoms with Crippen molar-refractivity contribution in [2.45, 2.75) is 0 Å². The van der Waals surface area contributed by atoms with E-state index in [2.05, 4.69) is 4.98 Å². The highest BCUT2D eigenvalue weighted by atomic mass is 16.6. The molecule has 148 valence electrons. The molecule has 31 heavy (non-hydrogen) atoms. The Bertz CT molecular complexity index is 1580. The van der Waals surface area contributed by atoms with E-state index in [4.69, 9.17) is 13.8 Å². The Balaban J connectivity index is 1.61. The van der Waals surface area contributed by atoms with Crippen molar-refractivity contribution in [3.8, 4) is 22.9 Å². The number of nitro groups is 1. The highest BCUT2D eigenvalue weighted by Crippen LogP contribution is 2.38. The topological polar surface area (TPSA) is 95.2 Å². The first-order valence-corrected chi connectivity index (χ1v) is 9.60. The zero-order valence-electron chi connectivity index (χ0n) is 16.0. The van der Waals surface area contributed by atoms with Crippen LogP contribution in [-0.4, -0.2) is 14.9 Å². The van der Waals surface area contributed by atoms with Crippen LogP contribution >= 0.6 is 0 Å². The van der Waals surface area contributed by atoms with E-state index in [9.17, 15) is 10.1 Å². The number of fused-ring (bicyclic) bond motifs is 4. The molecule has 0 N–H and O–H groups in total. The van der Waals surface area contributed by atoms with E-state index in [-0.39, 0.29) is 5.69 Å². The molecule has 0 bridgehead atoms. The quantitative estimate of drug-likeness (QED) is 0.250. The second-order valence-electron chi connectivity index (χ2n) is 7.13. The molecular formula is C24H13N3O4. The summed E-state index contributed by atoms with van der Waals surface area (Å²) in [4.78, 5) is 19.9. The Morgan fingerprint density at radius 2 is 1.58 bits per heavy atom. The summed E-state index contributed by atoms with van der Waals surface area (Å²) in [5, 5.41) is 12.9. The molecule has 6 aromatic rings. The van der Waals surface area contributed by atoms with Crippen LogP contribution in [0.25, 0.3) is 55.9 Å². The minimum atomic E-state index is -0.436. The van der Waals surface area contributed by atoms with Gasteiger partial charge in [-0.15, -0.1) is 0 Å². The maximum Gasteiger partial charge on any atom is 0.269 e. The number of non-ortho nitro benzene ring substituents is 1. The van der Waals surface area contributed by atoms with Crippen molar-refractivity contribution in [3.05, 3.63) is 89.0 Å². The number of oxazole rings is 2. The molecule has 0 atom stereocenters. The molecule has 0 spiro atoms. The maximum absolute atomic E-state index is 11.0. The van der Waals surface area contributed by atoms with Crippen LogP contribution in [-0.2, 0) is 0 Å². The Kier molecular flexibility index (Phi) is 3.64. The summed E-state index contributed by atoms with van der Waals surface area (Å²) in [5.74, 6) is 0.821. The van der Waals surface area contributed by atoms with Gasteiger partial charge in [0.15, 0.2) is 11.2 Å². The van der Waals surface area contributed by atoms with Gasteiger partial charge in [0.2, 0.25) is 11.8 Å². The number of para-hydroxylation sites is 2. The lowest BCUT2D eigenvalue weighted by Gasteiger charge is -2.02. The predicted molar refractivity (Wildman–Crippen MR) is 117 cm³/mol. The summed E-state index contributed by atoms with van der Waals surface area (Å²) in [7, 11) is 0. The number of rotatable bonds is 3. The normalized spacial score (nSPS) is 11.5. The minimum absolute atomic E-state index is 0.0116. The molecule has 2 aromatic heterocycles. The number of hydrogen-bond acceptors (Lipinski definition) is 6. The fraction of sp³-hybridized carbons (Fsp3) is 0. The molecule has 0 aliphatic carbocycles. The maximum atomic E-state index is 11.0.